The Hall–Kier alpha value is -5.73. The largest absolute Gasteiger partial charge is 0.493 e. The van der Waals surface area contributed by atoms with E-state index in [-0.39, 0.29) is 30.6 Å². The molecular weight excluding hydrogens is 809 g/mol. The van der Waals surface area contributed by atoms with Gasteiger partial charge in [-0.25, -0.2) is 4.79 Å². The molecule has 4 aromatic carbocycles. The number of ether oxygens (including phenoxy) is 6. The Balaban J connectivity index is 0.876. The number of hydrogen-bond donors (Lipinski definition) is 2. The van der Waals surface area contributed by atoms with Crippen LogP contribution in [0.2, 0.25) is 0 Å². The molecule has 4 aliphatic rings. The number of aromatic amines is 2. The molecule has 4 atom stereocenters. The monoisotopic (exact) mass is 868 g/mol. The van der Waals surface area contributed by atoms with Gasteiger partial charge in [0.25, 0.3) is 0 Å². The normalized spacial score (nSPS) is 21.8. The zero-order chi connectivity index (χ0) is 43.7. The average molecular weight is 869 g/mol. The quantitative estimate of drug-likeness (QED) is 0.127. The third kappa shape index (κ3) is 8.03. The molecule has 10 rings (SSSR count). The van der Waals surface area contributed by atoms with Crippen molar-refractivity contribution in [2.24, 2.45) is 0 Å². The fraction of sp³-hybridized carbons (Fsp3) is 0.431. The van der Waals surface area contributed by atoms with Crippen LogP contribution < -0.4 is 18.9 Å². The Bertz CT molecular complexity index is 2430. The number of aromatic nitrogens is 2. The first-order valence-corrected chi connectivity index (χ1v) is 22.8. The van der Waals surface area contributed by atoms with Gasteiger partial charge in [-0.2, -0.15) is 0 Å². The third-order valence-corrected chi connectivity index (χ3v) is 14.2. The summed E-state index contributed by atoms with van der Waals surface area (Å²) < 4.78 is 36.4. The zero-order valence-electron chi connectivity index (χ0n) is 37.4. The van der Waals surface area contributed by atoms with Gasteiger partial charge in [-0.3, -0.25) is 9.80 Å². The molecular formula is C51H60N6O7. The molecule has 4 aliphatic heterocycles. The van der Waals surface area contributed by atoms with Gasteiger partial charge in [0.15, 0.2) is 23.0 Å². The van der Waals surface area contributed by atoms with E-state index in [1.807, 2.05) is 9.80 Å². The number of para-hydroxylation sites is 2. The highest BCUT2D eigenvalue weighted by atomic mass is 16.5. The van der Waals surface area contributed by atoms with Crippen molar-refractivity contribution in [3.05, 3.63) is 119 Å². The van der Waals surface area contributed by atoms with Gasteiger partial charge in [0, 0.05) is 72.5 Å². The second-order valence-corrected chi connectivity index (χ2v) is 17.4. The summed E-state index contributed by atoms with van der Waals surface area (Å²) in [6.07, 6.45) is 8.97. The van der Waals surface area contributed by atoms with Gasteiger partial charge >= 0.3 is 6.03 Å². The van der Waals surface area contributed by atoms with E-state index in [9.17, 15) is 4.79 Å². The number of morpholine rings is 2. The summed E-state index contributed by atoms with van der Waals surface area (Å²) >= 11 is 0. The number of nitrogens with zero attached hydrogens (tertiary/aromatic N) is 4. The van der Waals surface area contributed by atoms with Crippen LogP contribution >= 0.6 is 0 Å². The second kappa shape index (κ2) is 18.4. The summed E-state index contributed by atoms with van der Waals surface area (Å²) in [5, 5.41) is 2.50. The number of aryl methyl sites for hydroxylation is 2. The maximum atomic E-state index is 14.7. The minimum Gasteiger partial charge on any atom is -0.493 e. The van der Waals surface area contributed by atoms with Crippen molar-refractivity contribution in [3.63, 3.8) is 0 Å². The molecule has 2 amide bonds. The molecule has 2 saturated heterocycles. The molecule has 2 fully saturated rings. The van der Waals surface area contributed by atoms with Crippen molar-refractivity contribution in [2.75, 3.05) is 80.9 Å². The van der Waals surface area contributed by atoms with E-state index in [0.717, 1.165) is 85.6 Å². The van der Waals surface area contributed by atoms with Gasteiger partial charge in [0.05, 0.1) is 54.7 Å². The first-order valence-electron chi connectivity index (χ1n) is 22.8. The molecule has 0 radical (unpaired) electrons. The summed E-state index contributed by atoms with van der Waals surface area (Å²) in [4.78, 5) is 30.6. The number of methoxy groups -OCH3 is 4. The maximum absolute atomic E-state index is 14.7. The smallest absolute Gasteiger partial charge is 0.320 e. The van der Waals surface area contributed by atoms with Crippen LogP contribution in [0.4, 0.5) is 4.79 Å². The van der Waals surface area contributed by atoms with Crippen molar-refractivity contribution >= 4 is 27.8 Å². The van der Waals surface area contributed by atoms with Gasteiger partial charge in [-0.1, -0.05) is 36.4 Å². The molecule has 0 bridgehead atoms. The molecule has 13 nitrogen and oxygen atoms in total. The van der Waals surface area contributed by atoms with Crippen LogP contribution in [0.3, 0.4) is 0 Å². The van der Waals surface area contributed by atoms with Gasteiger partial charge in [-0.05, 0) is 108 Å². The van der Waals surface area contributed by atoms with Gasteiger partial charge < -0.3 is 48.2 Å². The molecule has 6 heterocycles. The predicted molar refractivity (Wildman–Crippen MR) is 247 cm³/mol. The number of carbonyl (C=O) groups is 1. The highest BCUT2D eigenvalue weighted by Gasteiger charge is 2.41. The van der Waals surface area contributed by atoms with Crippen molar-refractivity contribution < 1.29 is 33.2 Å². The van der Waals surface area contributed by atoms with Crippen LogP contribution in [-0.4, -0.2) is 129 Å². The number of urea groups is 1. The van der Waals surface area contributed by atoms with Crippen LogP contribution in [0.25, 0.3) is 21.8 Å². The Morgan fingerprint density at radius 1 is 0.594 bits per heavy atom. The van der Waals surface area contributed by atoms with E-state index < -0.39 is 0 Å². The fourth-order valence-electron chi connectivity index (χ4n) is 10.9. The summed E-state index contributed by atoms with van der Waals surface area (Å²) in [5.74, 6) is 2.93. The molecule has 6 aromatic rings. The van der Waals surface area contributed by atoms with Crippen LogP contribution in [0, 0.1) is 0 Å². The summed E-state index contributed by atoms with van der Waals surface area (Å²) in [7, 11) is 6.77. The maximum Gasteiger partial charge on any atom is 0.320 e. The SMILES string of the molecule is COc1cc2c(cc1OC)C(CCc1c[nH]c3ccccc13)N([C@H]1CN(C(=O)N3CCO[C@@H](N4CCc5cc(OC)c(OC)cc5C4CCc4c[nH]c5ccccc45)C3)CCO1)CC2. The third-order valence-electron chi connectivity index (χ3n) is 14.2. The molecule has 0 aliphatic carbocycles. The first-order chi connectivity index (χ1) is 31.4. The fourth-order valence-corrected chi connectivity index (χ4v) is 10.9. The lowest BCUT2D eigenvalue weighted by Crippen LogP contribution is -2.60. The Kier molecular flexibility index (Phi) is 12.1. The lowest BCUT2D eigenvalue weighted by Gasteiger charge is -2.48. The lowest BCUT2D eigenvalue weighted by atomic mass is 9.88. The van der Waals surface area contributed by atoms with Crippen molar-refractivity contribution in [1.29, 1.82) is 0 Å². The molecule has 0 spiro atoms. The number of amides is 2. The summed E-state index contributed by atoms with van der Waals surface area (Å²) in [6, 6.07) is 25.7. The van der Waals surface area contributed by atoms with Crippen LogP contribution in [0.5, 0.6) is 23.0 Å². The van der Waals surface area contributed by atoms with Crippen LogP contribution in [0.15, 0.2) is 85.2 Å². The minimum absolute atomic E-state index is 0.0416. The topological polar surface area (TPSA) is 117 Å². The summed E-state index contributed by atoms with van der Waals surface area (Å²) in [5.41, 5.74) is 9.86. The number of fused-ring (bicyclic) bond motifs is 4. The molecule has 2 unspecified atom stereocenters. The van der Waals surface area contributed by atoms with Gasteiger partial charge in [-0.15, -0.1) is 0 Å². The molecule has 13 heteroatoms. The zero-order valence-corrected chi connectivity index (χ0v) is 37.4. The van der Waals surface area contributed by atoms with E-state index in [0.29, 0.717) is 39.4 Å². The standard InChI is InChI=1S/C51H60N6O7/c1-59-45-25-33-17-19-56(43(39(33)27-47(45)61-3)15-13-35-29-52-41-11-7-5-9-37(35)41)49-31-54(21-23-63-49)51(58)55-22-24-64-50(32-55)57-20-18-34-26-46(60-2)48(62-4)28-40(34)44(57)16-14-36-30-53-42-12-8-6-10-38(36)42/h5-12,25-30,43-44,49-50,52-53H,13-24,31-32H2,1-4H3/t43?,44?,49-,50-/m1/s1. The van der Waals surface area contributed by atoms with Crippen molar-refractivity contribution in [1.82, 2.24) is 29.6 Å². The molecule has 336 valence electrons. The van der Waals surface area contributed by atoms with Gasteiger partial charge in [0.2, 0.25) is 0 Å². The number of rotatable bonds is 12. The first kappa shape index (κ1) is 42.2. The van der Waals surface area contributed by atoms with E-state index in [1.165, 1.54) is 44.2 Å². The van der Waals surface area contributed by atoms with E-state index in [2.05, 4.69) is 105 Å². The van der Waals surface area contributed by atoms with Crippen molar-refractivity contribution in [2.45, 2.75) is 63.1 Å². The van der Waals surface area contributed by atoms with Gasteiger partial charge in [0.1, 0.15) is 12.5 Å². The van der Waals surface area contributed by atoms with Crippen LogP contribution in [0.1, 0.15) is 58.3 Å². The number of hydrogen-bond acceptors (Lipinski definition) is 9. The molecule has 2 aromatic heterocycles. The Morgan fingerprint density at radius 3 is 1.45 bits per heavy atom. The number of benzene rings is 4. The number of carbonyl (C=O) groups excluding carboxylic acids is 1. The molecule has 0 saturated carbocycles. The minimum atomic E-state index is -0.261. The molecule has 64 heavy (non-hydrogen) atoms. The van der Waals surface area contributed by atoms with E-state index in [1.54, 1.807) is 28.4 Å². The number of nitrogens with one attached hydrogen (secondary N) is 2. The number of H-pyrrole nitrogens is 2. The Labute approximate surface area is 375 Å². The highest BCUT2D eigenvalue weighted by molar-refractivity contribution is 5.83. The average Bonchev–Trinajstić information content (AvgIpc) is 3.97. The van der Waals surface area contributed by atoms with Crippen LogP contribution in [-0.2, 0) is 35.2 Å². The van der Waals surface area contributed by atoms with Crippen molar-refractivity contribution in [3.8, 4) is 23.0 Å². The second-order valence-electron chi connectivity index (χ2n) is 17.4. The van der Waals surface area contributed by atoms with E-state index in [4.69, 9.17) is 28.4 Å². The highest BCUT2D eigenvalue weighted by Crippen LogP contribution is 2.43. The Morgan fingerprint density at radius 2 is 1.02 bits per heavy atom. The summed E-state index contributed by atoms with van der Waals surface area (Å²) in [6.45, 7) is 4.61. The predicted octanol–water partition coefficient (Wildman–Crippen LogP) is 7.88. The van der Waals surface area contributed by atoms with E-state index >= 15 is 0 Å². The molecule has 2 N–H and O–H groups in total. The lowest BCUT2D eigenvalue weighted by molar-refractivity contribution is -0.135.